The molecular weight excluding hydrogens is 378 g/mol. The second-order valence-corrected chi connectivity index (χ2v) is 7.83. The van der Waals surface area contributed by atoms with Gasteiger partial charge in [0.2, 0.25) is 5.91 Å². The Labute approximate surface area is 172 Å². The van der Waals surface area contributed by atoms with Crippen LogP contribution in [0.2, 0.25) is 5.02 Å². The van der Waals surface area contributed by atoms with Gasteiger partial charge < -0.3 is 11.1 Å². The number of hydrogen-bond donors (Lipinski definition) is 2. The van der Waals surface area contributed by atoms with Crippen LogP contribution in [0.4, 0.5) is 11.4 Å². The molecular formula is C21H32ClN3O3. The molecule has 2 rings (SSSR count). The summed E-state index contributed by atoms with van der Waals surface area (Å²) < 4.78 is 0. The number of anilines is 1. The first-order valence-electron chi connectivity index (χ1n) is 10.00. The SMILES string of the molecule is CC(=O)c1cc(N=O)c(NCCC(N)=O)cc1Cl.CC[C@@H](C)C1CCCCC1. The molecule has 1 aromatic carbocycles. The molecule has 1 saturated carbocycles. The number of nitrogens with two attached hydrogens (primary N) is 1. The van der Waals surface area contributed by atoms with E-state index < -0.39 is 5.91 Å². The summed E-state index contributed by atoms with van der Waals surface area (Å²) in [4.78, 5) is 32.5. The van der Waals surface area contributed by atoms with Crippen LogP contribution in [0.3, 0.4) is 0 Å². The van der Waals surface area contributed by atoms with Crippen LogP contribution < -0.4 is 11.1 Å². The molecule has 7 heteroatoms. The molecule has 1 aliphatic carbocycles. The maximum absolute atomic E-state index is 11.2. The van der Waals surface area contributed by atoms with Gasteiger partial charge in [0.1, 0.15) is 5.69 Å². The summed E-state index contributed by atoms with van der Waals surface area (Å²) in [5.74, 6) is 1.34. The highest BCUT2D eigenvalue weighted by Crippen LogP contribution is 2.32. The van der Waals surface area contributed by atoms with E-state index in [9.17, 15) is 14.5 Å². The van der Waals surface area contributed by atoms with Gasteiger partial charge in [-0.2, -0.15) is 0 Å². The summed E-state index contributed by atoms with van der Waals surface area (Å²) >= 11 is 5.90. The average Bonchev–Trinajstić information content (AvgIpc) is 2.68. The molecule has 1 amide bonds. The molecule has 0 radical (unpaired) electrons. The van der Waals surface area contributed by atoms with Crippen LogP contribution in [0.1, 0.15) is 76.1 Å². The van der Waals surface area contributed by atoms with E-state index in [1.54, 1.807) is 0 Å². The molecule has 0 unspecified atom stereocenters. The zero-order valence-corrected chi connectivity index (χ0v) is 17.8. The van der Waals surface area contributed by atoms with E-state index in [-0.39, 0.29) is 35.0 Å². The standard InChI is InChI=1S/C11H12ClN3O3.C10H20/c1-6(16)7-4-10(15-18)9(5-8(7)12)14-3-2-11(13)17;1-3-9(2)10-7-5-4-6-8-10/h4-5,14H,2-3H2,1H3,(H2,13,17);9-10H,3-8H2,1-2H3/t;9-/m.1/s1. The van der Waals surface area contributed by atoms with Crippen LogP contribution in [0.15, 0.2) is 17.3 Å². The van der Waals surface area contributed by atoms with Crippen molar-refractivity contribution in [3.63, 3.8) is 0 Å². The van der Waals surface area contributed by atoms with E-state index in [0.717, 1.165) is 11.8 Å². The first-order valence-corrected chi connectivity index (χ1v) is 10.4. The number of ketones is 1. The van der Waals surface area contributed by atoms with Crippen LogP contribution >= 0.6 is 11.6 Å². The van der Waals surface area contributed by atoms with Gasteiger partial charge in [-0.15, -0.1) is 4.91 Å². The molecule has 0 bridgehead atoms. The number of carbonyl (C=O) groups is 2. The minimum Gasteiger partial charge on any atom is -0.383 e. The number of benzene rings is 1. The second kappa shape index (κ2) is 12.5. The highest BCUT2D eigenvalue weighted by atomic mass is 35.5. The number of Topliss-reactive ketones (excluding diaryl/α,β-unsaturated/α-hetero) is 1. The van der Waals surface area contributed by atoms with Crippen molar-refractivity contribution in [2.24, 2.45) is 22.7 Å². The minimum absolute atomic E-state index is 0.0640. The molecule has 0 heterocycles. The molecule has 1 aromatic rings. The Morgan fingerprint density at radius 3 is 2.43 bits per heavy atom. The Morgan fingerprint density at radius 2 is 1.93 bits per heavy atom. The van der Waals surface area contributed by atoms with Gasteiger partial charge in [-0.25, -0.2) is 0 Å². The van der Waals surface area contributed by atoms with Gasteiger partial charge in [0.15, 0.2) is 5.78 Å². The zero-order valence-electron chi connectivity index (χ0n) is 17.1. The smallest absolute Gasteiger partial charge is 0.219 e. The summed E-state index contributed by atoms with van der Waals surface area (Å²) in [5.41, 5.74) is 5.64. The Hall–Kier alpha value is -1.95. The lowest BCUT2D eigenvalue weighted by Gasteiger charge is -2.26. The van der Waals surface area contributed by atoms with E-state index in [1.807, 2.05) is 0 Å². The van der Waals surface area contributed by atoms with E-state index >= 15 is 0 Å². The van der Waals surface area contributed by atoms with Crippen molar-refractivity contribution < 1.29 is 9.59 Å². The summed E-state index contributed by atoms with van der Waals surface area (Å²) in [6, 6.07) is 2.74. The highest BCUT2D eigenvalue weighted by Gasteiger charge is 2.18. The summed E-state index contributed by atoms with van der Waals surface area (Å²) in [6.07, 6.45) is 9.00. The molecule has 1 fully saturated rings. The number of nitroso groups, excluding NO2 is 1. The first-order chi connectivity index (χ1) is 13.3. The average molecular weight is 410 g/mol. The molecule has 0 aromatic heterocycles. The fraction of sp³-hybridized carbons (Fsp3) is 0.619. The zero-order chi connectivity index (χ0) is 21.1. The lowest BCUT2D eigenvalue weighted by Crippen LogP contribution is -2.15. The van der Waals surface area contributed by atoms with Crippen molar-refractivity contribution in [1.29, 1.82) is 0 Å². The quantitative estimate of drug-likeness (QED) is 0.415. The third-order valence-electron chi connectivity index (χ3n) is 5.35. The monoisotopic (exact) mass is 409 g/mol. The van der Waals surface area contributed by atoms with E-state index in [2.05, 4.69) is 24.3 Å². The molecule has 0 spiro atoms. The van der Waals surface area contributed by atoms with Gasteiger partial charge in [0.05, 0.1) is 10.7 Å². The predicted molar refractivity (Wildman–Crippen MR) is 115 cm³/mol. The van der Waals surface area contributed by atoms with Gasteiger partial charge >= 0.3 is 0 Å². The number of nitrogens with zero attached hydrogens (tertiary/aromatic N) is 1. The van der Waals surface area contributed by atoms with Crippen molar-refractivity contribution in [2.75, 3.05) is 11.9 Å². The number of rotatable bonds is 8. The number of primary amides is 1. The van der Waals surface area contributed by atoms with Gasteiger partial charge in [0.25, 0.3) is 0 Å². The molecule has 1 aliphatic rings. The topological polar surface area (TPSA) is 102 Å². The lowest BCUT2D eigenvalue weighted by molar-refractivity contribution is -0.117. The van der Waals surface area contributed by atoms with Crippen LogP contribution in [0.25, 0.3) is 0 Å². The fourth-order valence-corrected chi connectivity index (χ4v) is 3.70. The van der Waals surface area contributed by atoms with Gasteiger partial charge in [-0.05, 0) is 36.1 Å². The van der Waals surface area contributed by atoms with Gasteiger partial charge in [-0.3, -0.25) is 9.59 Å². The third-order valence-corrected chi connectivity index (χ3v) is 5.66. The summed E-state index contributed by atoms with van der Waals surface area (Å²) in [7, 11) is 0. The number of nitrogens with one attached hydrogen (secondary N) is 1. The maximum atomic E-state index is 11.2. The van der Waals surface area contributed by atoms with Crippen molar-refractivity contribution in [3.05, 3.63) is 27.6 Å². The Balaban J connectivity index is 0.000000330. The molecule has 156 valence electrons. The van der Waals surface area contributed by atoms with Crippen molar-refractivity contribution >= 4 is 34.7 Å². The second-order valence-electron chi connectivity index (χ2n) is 7.42. The Bertz CT molecular complexity index is 673. The molecule has 28 heavy (non-hydrogen) atoms. The lowest BCUT2D eigenvalue weighted by atomic mass is 9.80. The normalized spacial score (nSPS) is 15.1. The predicted octanol–water partition coefficient (Wildman–Crippen LogP) is 5.84. The minimum atomic E-state index is -0.463. The van der Waals surface area contributed by atoms with Crippen molar-refractivity contribution in [3.8, 4) is 0 Å². The molecule has 6 nitrogen and oxygen atoms in total. The van der Waals surface area contributed by atoms with E-state index in [1.165, 1.54) is 57.6 Å². The Kier molecular flexibility index (Phi) is 10.8. The molecule has 0 saturated heterocycles. The highest BCUT2D eigenvalue weighted by molar-refractivity contribution is 6.34. The van der Waals surface area contributed by atoms with E-state index in [0.29, 0.717) is 5.69 Å². The van der Waals surface area contributed by atoms with Crippen molar-refractivity contribution in [2.45, 2.75) is 65.7 Å². The van der Waals surface area contributed by atoms with Crippen LogP contribution in [0, 0.1) is 16.7 Å². The number of amides is 1. The van der Waals surface area contributed by atoms with E-state index in [4.69, 9.17) is 17.3 Å². The fourth-order valence-electron chi connectivity index (χ4n) is 3.41. The largest absolute Gasteiger partial charge is 0.383 e. The first kappa shape index (κ1) is 24.1. The van der Waals surface area contributed by atoms with Crippen molar-refractivity contribution in [1.82, 2.24) is 0 Å². The molecule has 1 atom stereocenters. The van der Waals surface area contributed by atoms with Crippen LogP contribution in [-0.2, 0) is 4.79 Å². The molecule has 0 aliphatic heterocycles. The summed E-state index contributed by atoms with van der Waals surface area (Å²) in [5, 5.41) is 5.84. The number of halogens is 1. The third kappa shape index (κ3) is 7.97. The van der Waals surface area contributed by atoms with Gasteiger partial charge in [-0.1, -0.05) is 64.0 Å². The Morgan fingerprint density at radius 1 is 1.29 bits per heavy atom. The summed E-state index contributed by atoms with van der Waals surface area (Å²) in [6.45, 7) is 6.33. The number of carbonyl (C=O) groups excluding carboxylic acids is 2. The maximum Gasteiger partial charge on any atom is 0.219 e. The van der Waals surface area contributed by atoms with Gasteiger partial charge in [0, 0.05) is 18.5 Å². The van der Waals surface area contributed by atoms with Crippen LogP contribution in [0.5, 0.6) is 0 Å². The van der Waals surface area contributed by atoms with Crippen LogP contribution in [-0.4, -0.2) is 18.2 Å². The number of hydrogen-bond acceptors (Lipinski definition) is 5. The molecule has 3 N–H and O–H groups in total.